The molecule has 3 rings (SSSR count). The number of rotatable bonds is 7. The van der Waals surface area contributed by atoms with Crippen LogP contribution in [0.4, 0.5) is 8.78 Å². The highest BCUT2D eigenvalue weighted by molar-refractivity contribution is 8.00. The number of halogens is 2. The van der Waals surface area contributed by atoms with Gasteiger partial charge in [-0.1, -0.05) is 12.1 Å². The quantitative estimate of drug-likeness (QED) is 0.560. The van der Waals surface area contributed by atoms with Gasteiger partial charge in [0.2, 0.25) is 0 Å². The van der Waals surface area contributed by atoms with Gasteiger partial charge in [0, 0.05) is 4.90 Å². The van der Waals surface area contributed by atoms with Gasteiger partial charge in [0.15, 0.2) is 18.1 Å². The standard InChI is InChI=1S/C19H17F2NO5S/c20-12-5-6-14(21)17(7-12)28-11-19(24)26-10-18(23)22-8-13-9-25-15-3-1-2-4-16(15)27-13/h1-7,13H,8-11H2,(H,22,23)/t13-/m0/s1. The Hall–Kier alpha value is -2.81. The van der Waals surface area contributed by atoms with Crippen molar-refractivity contribution < 1.29 is 32.6 Å². The molecular weight excluding hydrogens is 392 g/mol. The molecule has 6 nitrogen and oxygen atoms in total. The molecule has 1 aliphatic heterocycles. The van der Waals surface area contributed by atoms with E-state index in [9.17, 15) is 18.4 Å². The zero-order valence-corrected chi connectivity index (χ0v) is 15.5. The molecule has 2 aromatic carbocycles. The number of fused-ring (bicyclic) bond motifs is 1. The van der Waals surface area contributed by atoms with E-state index in [1.807, 2.05) is 12.1 Å². The Kier molecular flexibility index (Phi) is 6.70. The lowest BCUT2D eigenvalue weighted by Crippen LogP contribution is -2.42. The van der Waals surface area contributed by atoms with Crippen LogP contribution in [0, 0.1) is 11.6 Å². The molecule has 0 saturated heterocycles. The van der Waals surface area contributed by atoms with Crippen molar-refractivity contribution in [2.45, 2.75) is 11.0 Å². The van der Waals surface area contributed by atoms with E-state index < -0.39 is 30.1 Å². The number of esters is 1. The van der Waals surface area contributed by atoms with Crippen molar-refractivity contribution >= 4 is 23.6 Å². The summed E-state index contributed by atoms with van der Waals surface area (Å²) in [5, 5.41) is 2.59. The lowest BCUT2D eigenvalue weighted by molar-refractivity contribution is -0.146. The number of hydrogen-bond donors (Lipinski definition) is 1. The summed E-state index contributed by atoms with van der Waals surface area (Å²) < 4.78 is 42.6. The summed E-state index contributed by atoms with van der Waals surface area (Å²) in [4.78, 5) is 23.5. The van der Waals surface area contributed by atoms with E-state index in [1.54, 1.807) is 12.1 Å². The first-order chi connectivity index (χ1) is 13.5. The third kappa shape index (κ3) is 5.59. The lowest BCUT2D eigenvalue weighted by atomic mass is 10.2. The van der Waals surface area contributed by atoms with E-state index in [0.29, 0.717) is 11.5 Å². The van der Waals surface area contributed by atoms with Crippen LogP contribution in [0.5, 0.6) is 11.5 Å². The SMILES string of the molecule is O=C(COC(=O)CSc1cc(F)ccc1F)NC[C@H]1COc2ccccc2O1. The number of amides is 1. The van der Waals surface area contributed by atoms with Crippen molar-refractivity contribution in [1.29, 1.82) is 0 Å². The van der Waals surface area contributed by atoms with Crippen molar-refractivity contribution in [3.63, 3.8) is 0 Å². The number of ether oxygens (including phenoxy) is 3. The van der Waals surface area contributed by atoms with Crippen molar-refractivity contribution in [2.75, 3.05) is 25.5 Å². The molecule has 0 saturated carbocycles. The smallest absolute Gasteiger partial charge is 0.316 e. The van der Waals surface area contributed by atoms with E-state index in [2.05, 4.69) is 5.32 Å². The van der Waals surface area contributed by atoms with E-state index in [0.717, 1.165) is 30.0 Å². The fourth-order valence-electron chi connectivity index (χ4n) is 2.35. The van der Waals surface area contributed by atoms with E-state index >= 15 is 0 Å². The molecule has 28 heavy (non-hydrogen) atoms. The maximum atomic E-state index is 13.5. The first-order valence-corrected chi connectivity index (χ1v) is 9.38. The highest BCUT2D eigenvalue weighted by Crippen LogP contribution is 2.30. The van der Waals surface area contributed by atoms with E-state index in [1.165, 1.54) is 0 Å². The normalized spacial score (nSPS) is 15.0. The third-order valence-corrected chi connectivity index (χ3v) is 4.70. The molecule has 1 aliphatic rings. The molecule has 1 atom stereocenters. The Bertz CT molecular complexity index is 864. The average molecular weight is 409 g/mol. The van der Waals surface area contributed by atoms with E-state index in [-0.39, 0.29) is 29.9 Å². The predicted molar refractivity (Wildman–Crippen MR) is 97.4 cm³/mol. The van der Waals surface area contributed by atoms with Crippen LogP contribution in [0.1, 0.15) is 0 Å². The van der Waals surface area contributed by atoms with Gasteiger partial charge in [0.1, 0.15) is 24.3 Å². The molecule has 1 N–H and O–H groups in total. The summed E-state index contributed by atoms with van der Waals surface area (Å²) in [5.74, 6) is -1.45. The topological polar surface area (TPSA) is 73.9 Å². The molecule has 0 radical (unpaired) electrons. The van der Waals surface area contributed by atoms with Crippen molar-refractivity contribution in [3.05, 3.63) is 54.1 Å². The van der Waals surface area contributed by atoms with Crippen molar-refractivity contribution in [2.24, 2.45) is 0 Å². The summed E-state index contributed by atoms with van der Waals surface area (Å²) in [6.45, 7) is -0.00389. The minimum atomic E-state index is -0.713. The molecule has 148 valence electrons. The molecule has 0 bridgehead atoms. The summed E-state index contributed by atoms with van der Waals surface area (Å²) in [6, 6.07) is 10.2. The number of hydrogen-bond acceptors (Lipinski definition) is 6. The second kappa shape index (κ2) is 9.41. The summed E-state index contributed by atoms with van der Waals surface area (Å²) >= 11 is 0.793. The minimum Gasteiger partial charge on any atom is -0.486 e. The molecule has 2 aromatic rings. The number of thioether (sulfide) groups is 1. The Labute approximate surface area is 164 Å². The highest BCUT2D eigenvalue weighted by Gasteiger charge is 2.21. The van der Waals surface area contributed by atoms with Gasteiger partial charge in [0.05, 0.1) is 12.3 Å². The zero-order valence-electron chi connectivity index (χ0n) is 14.7. The third-order valence-electron chi connectivity index (χ3n) is 3.70. The Morgan fingerprint density at radius 1 is 1.18 bits per heavy atom. The van der Waals surface area contributed by atoms with Gasteiger partial charge < -0.3 is 19.5 Å². The minimum absolute atomic E-state index is 0.00358. The highest BCUT2D eigenvalue weighted by atomic mass is 32.2. The van der Waals surface area contributed by atoms with E-state index in [4.69, 9.17) is 14.2 Å². The summed E-state index contributed by atoms with van der Waals surface area (Å²) in [6.07, 6.45) is -0.360. The number of carbonyl (C=O) groups is 2. The van der Waals surface area contributed by atoms with Gasteiger partial charge in [0.25, 0.3) is 5.91 Å². The molecule has 0 fully saturated rings. The molecule has 1 amide bonds. The van der Waals surface area contributed by atoms with Crippen LogP contribution in [0.15, 0.2) is 47.4 Å². The molecule has 9 heteroatoms. The Morgan fingerprint density at radius 2 is 1.96 bits per heavy atom. The maximum absolute atomic E-state index is 13.5. The fourth-order valence-corrected chi connectivity index (χ4v) is 3.11. The molecular formula is C19H17F2NO5S. The lowest BCUT2D eigenvalue weighted by Gasteiger charge is -2.26. The maximum Gasteiger partial charge on any atom is 0.316 e. The second-order valence-electron chi connectivity index (χ2n) is 5.83. The summed E-state index contributed by atoms with van der Waals surface area (Å²) in [7, 11) is 0. The largest absolute Gasteiger partial charge is 0.486 e. The molecule has 0 unspecified atom stereocenters. The molecule has 0 spiro atoms. The molecule has 0 aromatic heterocycles. The average Bonchev–Trinajstić information content (AvgIpc) is 2.71. The van der Waals surface area contributed by atoms with Gasteiger partial charge in [-0.05, 0) is 30.3 Å². The molecule has 1 heterocycles. The number of carbonyl (C=O) groups excluding carboxylic acids is 2. The number of benzene rings is 2. The first-order valence-electron chi connectivity index (χ1n) is 8.40. The van der Waals surface area contributed by atoms with Crippen molar-refractivity contribution in [1.82, 2.24) is 5.32 Å². The number of para-hydroxylation sites is 2. The first kappa shape index (κ1) is 19.9. The van der Waals surface area contributed by atoms with Gasteiger partial charge in [-0.15, -0.1) is 11.8 Å². The predicted octanol–water partition coefficient (Wildman–Crippen LogP) is 2.56. The van der Waals surface area contributed by atoms with Crippen LogP contribution < -0.4 is 14.8 Å². The Morgan fingerprint density at radius 3 is 2.79 bits per heavy atom. The summed E-state index contributed by atoms with van der Waals surface area (Å²) in [5.41, 5.74) is 0. The van der Waals surface area contributed by atoms with Crippen LogP contribution in [0.25, 0.3) is 0 Å². The zero-order chi connectivity index (χ0) is 19.9. The second-order valence-corrected chi connectivity index (χ2v) is 6.84. The van der Waals surface area contributed by atoms with Gasteiger partial charge in [-0.3, -0.25) is 9.59 Å². The van der Waals surface area contributed by atoms with Gasteiger partial charge >= 0.3 is 5.97 Å². The monoisotopic (exact) mass is 409 g/mol. The van der Waals surface area contributed by atoms with Crippen molar-refractivity contribution in [3.8, 4) is 11.5 Å². The van der Waals surface area contributed by atoms with Crippen LogP contribution in [-0.4, -0.2) is 43.5 Å². The van der Waals surface area contributed by atoms with Crippen LogP contribution in [-0.2, 0) is 14.3 Å². The Balaban J connectivity index is 1.35. The number of nitrogens with one attached hydrogen (secondary N) is 1. The van der Waals surface area contributed by atoms with Gasteiger partial charge in [-0.25, -0.2) is 8.78 Å². The van der Waals surface area contributed by atoms with Crippen LogP contribution in [0.2, 0.25) is 0 Å². The van der Waals surface area contributed by atoms with Gasteiger partial charge in [-0.2, -0.15) is 0 Å². The van der Waals surface area contributed by atoms with Crippen LogP contribution >= 0.6 is 11.8 Å². The molecule has 0 aliphatic carbocycles. The van der Waals surface area contributed by atoms with Crippen LogP contribution in [0.3, 0.4) is 0 Å². The fraction of sp³-hybridized carbons (Fsp3) is 0.263.